The van der Waals surface area contributed by atoms with Crippen LogP contribution < -0.4 is 0 Å². The number of hydrogen-bond donors (Lipinski definition) is 0. The molecule has 0 aliphatic heterocycles. The molecule has 0 aliphatic rings. The van der Waals surface area contributed by atoms with Crippen molar-refractivity contribution >= 4 is 6.29 Å². The maximum Gasteiger partial charge on any atom is 0.177 e. The first-order valence-electron chi connectivity index (χ1n) is 4.11. The van der Waals surface area contributed by atoms with Gasteiger partial charge in [-0.15, -0.1) is 0 Å². The van der Waals surface area contributed by atoms with Crippen LogP contribution >= 0.6 is 0 Å². The molecule has 0 aliphatic carbocycles. The molecule has 0 spiro atoms. The van der Waals surface area contributed by atoms with Crippen LogP contribution in [0, 0.1) is 0 Å². The third kappa shape index (κ3) is 5.04. The summed E-state index contributed by atoms with van der Waals surface area (Å²) < 4.78 is 10.4. The second-order valence-corrected chi connectivity index (χ2v) is 2.31. The van der Waals surface area contributed by atoms with E-state index in [9.17, 15) is 4.79 Å². The Morgan fingerprint density at radius 1 is 1.33 bits per heavy atom. The minimum Gasteiger partial charge on any atom is -0.349 e. The fourth-order valence-corrected chi connectivity index (χ4v) is 0.727. The molecule has 0 fully saturated rings. The number of carbonyl (C=O) groups is 1. The predicted molar refractivity (Wildman–Crippen MR) is 46.9 cm³/mol. The number of aldehydes is 1. The summed E-state index contributed by atoms with van der Waals surface area (Å²) in [5, 5.41) is 0. The lowest BCUT2D eigenvalue weighted by atomic mass is 10.3. The van der Waals surface area contributed by atoms with E-state index in [0.29, 0.717) is 18.8 Å². The summed E-state index contributed by atoms with van der Waals surface area (Å²) in [6.45, 7) is 6.64. The van der Waals surface area contributed by atoms with E-state index in [0.717, 1.165) is 6.29 Å². The van der Waals surface area contributed by atoms with Crippen LogP contribution in [0.2, 0.25) is 0 Å². The maximum absolute atomic E-state index is 10.3. The SMILES string of the molecule is CCOC(/C=C(/C)C=O)OCC. The molecule has 0 atom stereocenters. The molecular formula is C9H16O3. The number of hydrogen-bond acceptors (Lipinski definition) is 3. The van der Waals surface area contributed by atoms with Crippen LogP contribution in [0.5, 0.6) is 0 Å². The van der Waals surface area contributed by atoms with Crippen LogP contribution in [0.15, 0.2) is 11.6 Å². The molecule has 0 amide bonds. The van der Waals surface area contributed by atoms with Crippen molar-refractivity contribution in [3.05, 3.63) is 11.6 Å². The molecule has 3 heteroatoms. The van der Waals surface area contributed by atoms with E-state index in [1.165, 1.54) is 0 Å². The second-order valence-electron chi connectivity index (χ2n) is 2.31. The van der Waals surface area contributed by atoms with Gasteiger partial charge in [0.25, 0.3) is 0 Å². The molecule has 0 saturated heterocycles. The second kappa shape index (κ2) is 7.00. The van der Waals surface area contributed by atoms with E-state index in [2.05, 4.69) is 0 Å². The fourth-order valence-electron chi connectivity index (χ4n) is 0.727. The Labute approximate surface area is 73.4 Å². The Hall–Kier alpha value is -0.670. The first-order valence-corrected chi connectivity index (χ1v) is 4.11. The van der Waals surface area contributed by atoms with Crippen molar-refractivity contribution in [2.45, 2.75) is 27.1 Å². The smallest absolute Gasteiger partial charge is 0.177 e. The summed E-state index contributed by atoms with van der Waals surface area (Å²) in [7, 11) is 0. The van der Waals surface area contributed by atoms with Gasteiger partial charge in [0.15, 0.2) is 6.29 Å². The molecule has 12 heavy (non-hydrogen) atoms. The van der Waals surface area contributed by atoms with Crippen molar-refractivity contribution in [2.24, 2.45) is 0 Å². The highest BCUT2D eigenvalue weighted by Crippen LogP contribution is 2.00. The highest BCUT2D eigenvalue weighted by Gasteiger charge is 2.02. The zero-order valence-electron chi connectivity index (χ0n) is 7.87. The van der Waals surface area contributed by atoms with Gasteiger partial charge in [-0.25, -0.2) is 0 Å². The Bertz CT molecular complexity index is 146. The van der Waals surface area contributed by atoms with Gasteiger partial charge in [-0.05, 0) is 32.4 Å². The fraction of sp³-hybridized carbons (Fsp3) is 0.667. The van der Waals surface area contributed by atoms with Crippen LogP contribution in [0.4, 0.5) is 0 Å². The Balaban J connectivity index is 4.00. The molecule has 0 rings (SSSR count). The zero-order valence-corrected chi connectivity index (χ0v) is 7.87. The minimum absolute atomic E-state index is 0.384. The van der Waals surface area contributed by atoms with Crippen LogP contribution in [0.25, 0.3) is 0 Å². The van der Waals surface area contributed by atoms with E-state index in [-0.39, 0.29) is 6.29 Å². The molecule has 70 valence electrons. The summed E-state index contributed by atoms with van der Waals surface area (Å²) in [6.07, 6.45) is 2.07. The highest BCUT2D eigenvalue weighted by atomic mass is 16.7. The summed E-state index contributed by atoms with van der Waals surface area (Å²) in [4.78, 5) is 10.3. The van der Waals surface area contributed by atoms with Gasteiger partial charge in [-0.3, -0.25) is 4.79 Å². The van der Waals surface area contributed by atoms with Gasteiger partial charge in [0.05, 0.1) is 0 Å². The van der Waals surface area contributed by atoms with Gasteiger partial charge in [0.2, 0.25) is 0 Å². The lowest BCUT2D eigenvalue weighted by molar-refractivity contribution is -0.109. The van der Waals surface area contributed by atoms with E-state index >= 15 is 0 Å². The van der Waals surface area contributed by atoms with Gasteiger partial charge in [0.1, 0.15) is 6.29 Å². The maximum atomic E-state index is 10.3. The monoisotopic (exact) mass is 172 g/mol. The van der Waals surface area contributed by atoms with Gasteiger partial charge in [-0.1, -0.05) is 0 Å². The third-order valence-electron chi connectivity index (χ3n) is 1.25. The molecule has 0 bridgehead atoms. The largest absolute Gasteiger partial charge is 0.349 e. The summed E-state index contributed by atoms with van der Waals surface area (Å²) in [6, 6.07) is 0. The van der Waals surface area contributed by atoms with E-state index < -0.39 is 0 Å². The Morgan fingerprint density at radius 2 is 1.83 bits per heavy atom. The summed E-state index contributed by atoms with van der Waals surface area (Å²) in [5.41, 5.74) is 0.627. The lowest BCUT2D eigenvalue weighted by Crippen LogP contribution is -2.15. The standard InChI is InChI=1S/C9H16O3/c1-4-11-9(12-5-2)6-8(3)7-10/h6-7,9H,4-5H2,1-3H3/b8-6-. The molecule has 0 saturated carbocycles. The van der Waals surface area contributed by atoms with Gasteiger partial charge < -0.3 is 9.47 Å². The molecular weight excluding hydrogens is 156 g/mol. The molecule has 0 heterocycles. The van der Waals surface area contributed by atoms with Gasteiger partial charge in [0, 0.05) is 13.2 Å². The first kappa shape index (κ1) is 11.3. The average molecular weight is 172 g/mol. The topological polar surface area (TPSA) is 35.5 Å². The van der Waals surface area contributed by atoms with E-state index in [4.69, 9.17) is 9.47 Å². The zero-order chi connectivity index (χ0) is 9.40. The number of ether oxygens (including phenoxy) is 2. The molecule has 0 aromatic carbocycles. The van der Waals surface area contributed by atoms with Crippen LogP contribution in [-0.4, -0.2) is 25.8 Å². The minimum atomic E-state index is -0.384. The molecule has 0 N–H and O–H groups in total. The van der Waals surface area contributed by atoms with Crippen molar-refractivity contribution in [1.29, 1.82) is 0 Å². The van der Waals surface area contributed by atoms with Crippen molar-refractivity contribution < 1.29 is 14.3 Å². The molecule has 3 nitrogen and oxygen atoms in total. The van der Waals surface area contributed by atoms with Gasteiger partial charge in [-0.2, -0.15) is 0 Å². The van der Waals surface area contributed by atoms with Crippen LogP contribution in [0.1, 0.15) is 20.8 Å². The van der Waals surface area contributed by atoms with E-state index in [1.54, 1.807) is 13.0 Å². The highest BCUT2D eigenvalue weighted by molar-refractivity contribution is 5.72. The first-order chi connectivity index (χ1) is 5.74. The van der Waals surface area contributed by atoms with Crippen molar-refractivity contribution in [2.75, 3.05) is 13.2 Å². The quantitative estimate of drug-likeness (QED) is 0.346. The number of rotatable bonds is 6. The van der Waals surface area contributed by atoms with Crippen molar-refractivity contribution in [3.63, 3.8) is 0 Å². The number of allylic oxidation sites excluding steroid dienone is 1. The van der Waals surface area contributed by atoms with Crippen molar-refractivity contribution in [3.8, 4) is 0 Å². The Kier molecular flexibility index (Phi) is 6.61. The van der Waals surface area contributed by atoms with Crippen molar-refractivity contribution in [1.82, 2.24) is 0 Å². The normalized spacial score (nSPS) is 12.2. The van der Waals surface area contributed by atoms with Gasteiger partial charge >= 0.3 is 0 Å². The van der Waals surface area contributed by atoms with Crippen LogP contribution in [-0.2, 0) is 14.3 Å². The number of carbonyl (C=O) groups excluding carboxylic acids is 1. The Morgan fingerprint density at radius 3 is 2.17 bits per heavy atom. The molecule has 0 radical (unpaired) electrons. The average Bonchev–Trinajstić information content (AvgIpc) is 2.05. The van der Waals surface area contributed by atoms with Crippen LogP contribution in [0.3, 0.4) is 0 Å². The molecule has 0 aromatic heterocycles. The lowest BCUT2D eigenvalue weighted by Gasteiger charge is -2.12. The van der Waals surface area contributed by atoms with E-state index in [1.807, 2.05) is 13.8 Å². The molecule has 0 aromatic rings. The summed E-state index contributed by atoms with van der Waals surface area (Å²) in [5.74, 6) is 0. The predicted octanol–water partition coefficient (Wildman–Crippen LogP) is 1.53. The third-order valence-corrected chi connectivity index (χ3v) is 1.25. The molecule has 0 unspecified atom stereocenters. The summed E-state index contributed by atoms with van der Waals surface area (Å²) >= 11 is 0.